The summed E-state index contributed by atoms with van der Waals surface area (Å²) in [6, 6.07) is 0.360. The monoisotopic (exact) mass is 247 g/mol. The van der Waals surface area contributed by atoms with Gasteiger partial charge in [0.2, 0.25) is 5.91 Å². The molecule has 0 saturated carbocycles. The second-order valence-electron chi connectivity index (χ2n) is 4.67. The Balaban J connectivity index is 2.65. The lowest BCUT2D eigenvalue weighted by molar-refractivity contribution is -0.130. The molecule has 94 valence electrons. The largest absolute Gasteiger partial charge is 0.336 e. The van der Waals surface area contributed by atoms with Crippen molar-refractivity contribution in [2.24, 2.45) is 0 Å². The van der Waals surface area contributed by atoms with E-state index in [4.69, 9.17) is 0 Å². The summed E-state index contributed by atoms with van der Waals surface area (Å²) in [5.74, 6) is -0.448. The molecule has 5 heteroatoms. The van der Waals surface area contributed by atoms with Gasteiger partial charge in [0, 0.05) is 12.1 Å². The fraction of sp³-hybridized carbons (Fsp3) is 0.909. The molecule has 0 N–H and O–H groups in total. The quantitative estimate of drug-likeness (QED) is 0.750. The number of nitrogens with zero attached hydrogens (tertiary/aromatic N) is 1. The van der Waals surface area contributed by atoms with Gasteiger partial charge in [-0.1, -0.05) is 6.92 Å². The zero-order valence-electron chi connectivity index (χ0n) is 10.3. The maximum atomic E-state index is 11.9. The van der Waals surface area contributed by atoms with Crippen molar-refractivity contribution in [2.45, 2.75) is 52.1 Å². The van der Waals surface area contributed by atoms with Crippen LogP contribution in [0.2, 0.25) is 0 Å². The molecule has 0 aromatic heterocycles. The highest BCUT2D eigenvalue weighted by Crippen LogP contribution is 2.23. The Morgan fingerprint density at radius 3 is 2.19 bits per heavy atom. The van der Waals surface area contributed by atoms with Crippen LogP contribution >= 0.6 is 0 Å². The Kier molecular flexibility index (Phi) is 4.35. The molecule has 1 aliphatic heterocycles. The van der Waals surface area contributed by atoms with Gasteiger partial charge in [-0.3, -0.25) is 4.79 Å². The summed E-state index contributed by atoms with van der Waals surface area (Å²) in [5, 5.41) is 0. The average Bonchev–Trinajstić information content (AvgIpc) is 2.44. The summed E-state index contributed by atoms with van der Waals surface area (Å²) in [4.78, 5) is 13.6. The number of rotatable bonds is 4. The summed E-state index contributed by atoms with van der Waals surface area (Å²) < 4.78 is 23.1. The molecular weight excluding hydrogens is 226 g/mol. The van der Waals surface area contributed by atoms with Gasteiger partial charge in [-0.2, -0.15) is 0 Å². The molecule has 1 amide bonds. The lowest BCUT2D eigenvalue weighted by atomic mass is 10.2. The first-order chi connectivity index (χ1) is 7.37. The predicted octanol–water partition coefficient (Wildman–Crippen LogP) is 1.21. The van der Waals surface area contributed by atoms with Crippen LogP contribution < -0.4 is 0 Å². The number of carbonyl (C=O) groups is 1. The van der Waals surface area contributed by atoms with Crippen LogP contribution in [0.3, 0.4) is 0 Å². The smallest absolute Gasteiger partial charge is 0.238 e. The van der Waals surface area contributed by atoms with E-state index in [-0.39, 0.29) is 29.5 Å². The SMILES string of the molecule is CCCS(=O)(=O)CC(=O)N1C(C)CCC1C. The van der Waals surface area contributed by atoms with Crippen molar-refractivity contribution in [2.75, 3.05) is 11.5 Å². The third-order valence-corrected chi connectivity index (χ3v) is 4.82. The predicted molar refractivity (Wildman–Crippen MR) is 63.9 cm³/mol. The summed E-state index contributed by atoms with van der Waals surface area (Å²) in [6.07, 6.45) is 2.52. The van der Waals surface area contributed by atoms with Gasteiger partial charge in [0.15, 0.2) is 9.84 Å². The number of carbonyl (C=O) groups excluding carboxylic acids is 1. The van der Waals surface area contributed by atoms with Gasteiger partial charge in [0.25, 0.3) is 0 Å². The van der Waals surface area contributed by atoms with Gasteiger partial charge in [-0.15, -0.1) is 0 Å². The minimum absolute atomic E-state index is 0.106. The molecule has 0 aliphatic carbocycles. The van der Waals surface area contributed by atoms with Crippen molar-refractivity contribution in [3.05, 3.63) is 0 Å². The fourth-order valence-corrected chi connectivity index (χ4v) is 3.62. The minimum Gasteiger partial charge on any atom is -0.336 e. The first-order valence-electron chi connectivity index (χ1n) is 5.89. The van der Waals surface area contributed by atoms with Crippen molar-refractivity contribution in [3.63, 3.8) is 0 Å². The zero-order chi connectivity index (χ0) is 12.3. The summed E-state index contributed by atoms with van der Waals surface area (Å²) in [6.45, 7) is 5.77. The second-order valence-corrected chi connectivity index (χ2v) is 6.85. The van der Waals surface area contributed by atoms with E-state index in [1.54, 1.807) is 4.90 Å². The van der Waals surface area contributed by atoms with Crippen LogP contribution in [-0.4, -0.2) is 42.8 Å². The van der Waals surface area contributed by atoms with Crippen LogP contribution in [0.1, 0.15) is 40.0 Å². The highest BCUT2D eigenvalue weighted by molar-refractivity contribution is 7.92. The molecule has 2 unspecified atom stereocenters. The van der Waals surface area contributed by atoms with E-state index in [1.807, 2.05) is 20.8 Å². The lowest BCUT2D eigenvalue weighted by Crippen LogP contribution is -2.42. The van der Waals surface area contributed by atoms with Gasteiger partial charge in [-0.05, 0) is 33.1 Å². The molecule has 1 saturated heterocycles. The Morgan fingerprint density at radius 2 is 1.75 bits per heavy atom. The number of sulfone groups is 1. The molecule has 1 aliphatic rings. The molecule has 1 rings (SSSR count). The zero-order valence-corrected chi connectivity index (χ0v) is 11.1. The maximum absolute atomic E-state index is 11.9. The van der Waals surface area contributed by atoms with Gasteiger partial charge in [0.1, 0.15) is 5.75 Å². The van der Waals surface area contributed by atoms with Crippen LogP contribution in [0.4, 0.5) is 0 Å². The third-order valence-electron chi connectivity index (χ3n) is 3.10. The molecule has 0 aromatic rings. The molecule has 1 heterocycles. The van der Waals surface area contributed by atoms with Crippen molar-refractivity contribution in [3.8, 4) is 0 Å². The van der Waals surface area contributed by atoms with Gasteiger partial charge in [-0.25, -0.2) is 8.42 Å². The minimum atomic E-state index is -3.21. The molecule has 16 heavy (non-hydrogen) atoms. The van der Waals surface area contributed by atoms with E-state index in [9.17, 15) is 13.2 Å². The Bertz CT molecular complexity index is 340. The van der Waals surface area contributed by atoms with E-state index < -0.39 is 9.84 Å². The Labute approximate surface area is 97.9 Å². The molecule has 0 aromatic carbocycles. The van der Waals surface area contributed by atoms with Crippen molar-refractivity contribution >= 4 is 15.7 Å². The highest BCUT2D eigenvalue weighted by atomic mass is 32.2. The van der Waals surface area contributed by atoms with Crippen LogP contribution in [0, 0.1) is 0 Å². The van der Waals surface area contributed by atoms with E-state index in [2.05, 4.69) is 0 Å². The average molecular weight is 247 g/mol. The fourth-order valence-electron chi connectivity index (χ4n) is 2.33. The Morgan fingerprint density at radius 1 is 1.25 bits per heavy atom. The number of hydrogen-bond acceptors (Lipinski definition) is 3. The molecule has 4 nitrogen and oxygen atoms in total. The van der Waals surface area contributed by atoms with Crippen LogP contribution in [0.25, 0.3) is 0 Å². The van der Waals surface area contributed by atoms with Gasteiger partial charge in [0.05, 0.1) is 5.75 Å². The summed E-state index contributed by atoms with van der Waals surface area (Å²) >= 11 is 0. The van der Waals surface area contributed by atoms with E-state index in [0.29, 0.717) is 6.42 Å². The van der Waals surface area contributed by atoms with Crippen molar-refractivity contribution < 1.29 is 13.2 Å². The van der Waals surface area contributed by atoms with Crippen LogP contribution in [0.5, 0.6) is 0 Å². The normalized spacial score (nSPS) is 26.1. The van der Waals surface area contributed by atoms with E-state index in [1.165, 1.54) is 0 Å². The first kappa shape index (κ1) is 13.5. The Hall–Kier alpha value is -0.580. The number of amides is 1. The molecule has 0 spiro atoms. The summed E-state index contributed by atoms with van der Waals surface area (Å²) in [7, 11) is -3.21. The molecular formula is C11H21NO3S. The van der Waals surface area contributed by atoms with Gasteiger partial charge < -0.3 is 4.90 Å². The van der Waals surface area contributed by atoms with Crippen LogP contribution in [0.15, 0.2) is 0 Å². The van der Waals surface area contributed by atoms with E-state index >= 15 is 0 Å². The molecule has 1 fully saturated rings. The van der Waals surface area contributed by atoms with E-state index in [0.717, 1.165) is 12.8 Å². The highest BCUT2D eigenvalue weighted by Gasteiger charge is 2.33. The standard InChI is InChI=1S/C11H21NO3S/c1-4-7-16(14,15)8-11(13)12-9(2)5-6-10(12)3/h9-10H,4-8H2,1-3H3. The van der Waals surface area contributed by atoms with Crippen molar-refractivity contribution in [1.29, 1.82) is 0 Å². The molecule has 0 radical (unpaired) electrons. The topological polar surface area (TPSA) is 54.5 Å². The third kappa shape index (κ3) is 3.20. The molecule has 2 atom stereocenters. The second kappa shape index (κ2) is 5.17. The summed E-state index contributed by atoms with van der Waals surface area (Å²) in [5.41, 5.74) is 0. The van der Waals surface area contributed by atoms with Crippen molar-refractivity contribution in [1.82, 2.24) is 4.90 Å². The maximum Gasteiger partial charge on any atom is 0.238 e. The number of likely N-dealkylation sites (tertiary alicyclic amines) is 1. The number of hydrogen-bond donors (Lipinski definition) is 0. The van der Waals surface area contributed by atoms with Crippen LogP contribution in [-0.2, 0) is 14.6 Å². The first-order valence-corrected chi connectivity index (χ1v) is 7.71. The molecule has 0 bridgehead atoms. The lowest BCUT2D eigenvalue weighted by Gasteiger charge is -2.26. The van der Waals surface area contributed by atoms with Gasteiger partial charge >= 0.3 is 0 Å².